The number of nitrogens with zero attached hydrogens (tertiary/aromatic N) is 3. The minimum atomic E-state index is -3.69. The van der Waals surface area contributed by atoms with E-state index in [1.54, 1.807) is 36.4 Å². The van der Waals surface area contributed by atoms with E-state index >= 15 is 0 Å². The van der Waals surface area contributed by atoms with Gasteiger partial charge in [0, 0.05) is 5.02 Å². The van der Waals surface area contributed by atoms with Crippen molar-refractivity contribution in [2.45, 2.75) is 13.8 Å². The van der Waals surface area contributed by atoms with Crippen LogP contribution in [0, 0.1) is 12.3 Å². The fourth-order valence-electron chi connectivity index (χ4n) is 3.18. The lowest BCUT2D eigenvalue weighted by Crippen LogP contribution is -2.45. The Morgan fingerprint density at radius 2 is 1.77 bits per heavy atom. The highest BCUT2D eigenvalue weighted by Crippen LogP contribution is 2.30. The number of rotatable bonds is 7. The summed E-state index contributed by atoms with van der Waals surface area (Å²) in [5.41, 5.74) is 1.52. The van der Waals surface area contributed by atoms with Crippen LogP contribution in [0.15, 0.2) is 57.4 Å². The number of sulfone groups is 1. The molecule has 2 aliphatic heterocycles. The Balaban J connectivity index is 1.40. The van der Waals surface area contributed by atoms with Crippen molar-refractivity contribution >= 4 is 61.5 Å². The van der Waals surface area contributed by atoms with E-state index < -0.39 is 15.7 Å². The molecule has 0 atom stereocenters. The van der Waals surface area contributed by atoms with Crippen LogP contribution in [0.3, 0.4) is 0 Å². The minimum Gasteiger partial charge on any atom is -0.490 e. The van der Waals surface area contributed by atoms with Crippen LogP contribution < -0.4 is 9.47 Å². The second-order valence-corrected chi connectivity index (χ2v) is 10.8. The molecule has 0 spiro atoms. The topological polar surface area (TPSA) is 121 Å². The van der Waals surface area contributed by atoms with Crippen LogP contribution >= 0.6 is 23.5 Å². The van der Waals surface area contributed by atoms with Crippen molar-refractivity contribution in [3.8, 4) is 11.5 Å². The zero-order chi connectivity index (χ0) is 25.2. The molecule has 182 valence electrons. The Hall–Kier alpha value is -3.15. The van der Waals surface area contributed by atoms with Crippen LogP contribution in [0.25, 0.3) is 6.08 Å². The largest absolute Gasteiger partial charge is 0.490 e. The normalized spacial score (nSPS) is 16.8. The Morgan fingerprint density at radius 3 is 2.43 bits per heavy atom. The van der Waals surface area contributed by atoms with Gasteiger partial charge in [0.2, 0.25) is 20.2 Å². The molecule has 0 aromatic heterocycles. The van der Waals surface area contributed by atoms with E-state index in [1.807, 2.05) is 13.0 Å². The van der Waals surface area contributed by atoms with Gasteiger partial charge in [-0.15, -0.1) is 0 Å². The fourth-order valence-corrected chi connectivity index (χ4v) is 5.26. The number of hydrogen-bond acceptors (Lipinski definition) is 8. The van der Waals surface area contributed by atoms with Gasteiger partial charge in [0.1, 0.15) is 30.5 Å². The summed E-state index contributed by atoms with van der Waals surface area (Å²) in [6.45, 7) is 4.06. The Kier molecular flexibility index (Phi) is 7.29. The standard InChI is InChI=1S/C23H21ClN4O5S2/c1-3-35(30,31)23-27-34-22-26-21(29)18(20(25)28(22)23)13-15-4-6-16(7-5-15)32-10-11-33-17-8-9-19(24)14(2)12-17/h4-9,12-13,25H,3,10-11H2,1-2H3/b18-13-,25-20?. The number of amides is 1. The zero-order valence-corrected chi connectivity index (χ0v) is 21.2. The van der Waals surface area contributed by atoms with Crippen LogP contribution in [0.4, 0.5) is 0 Å². The van der Waals surface area contributed by atoms with E-state index in [2.05, 4.69) is 9.39 Å². The summed E-state index contributed by atoms with van der Waals surface area (Å²) in [4.78, 5) is 17.5. The molecular weight excluding hydrogens is 512 g/mol. The molecule has 0 radical (unpaired) electrons. The lowest BCUT2D eigenvalue weighted by Gasteiger charge is -2.24. The van der Waals surface area contributed by atoms with Crippen molar-refractivity contribution in [3.63, 3.8) is 0 Å². The summed E-state index contributed by atoms with van der Waals surface area (Å²) in [5, 5.41) is 8.89. The average Bonchev–Trinajstić information content (AvgIpc) is 3.27. The van der Waals surface area contributed by atoms with Gasteiger partial charge < -0.3 is 9.47 Å². The summed E-state index contributed by atoms with van der Waals surface area (Å²) < 4.78 is 39.9. The molecule has 2 aromatic rings. The van der Waals surface area contributed by atoms with Gasteiger partial charge in [-0.25, -0.2) is 13.3 Å². The quantitative estimate of drug-likeness (QED) is 0.323. The van der Waals surface area contributed by atoms with Crippen molar-refractivity contribution in [2.75, 3.05) is 19.0 Å². The van der Waals surface area contributed by atoms with Gasteiger partial charge in [-0.3, -0.25) is 10.2 Å². The number of fused-ring (bicyclic) bond motifs is 1. The first-order valence-corrected chi connectivity index (χ1v) is 13.3. The third-order valence-electron chi connectivity index (χ3n) is 5.09. The number of halogens is 1. The Morgan fingerprint density at radius 1 is 1.11 bits per heavy atom. The number of benzene rings is 2. The van der Waals surface area contributed by atoms with Gasteiger partial charge >= 0.3 is 0 Å². The number of carbonyl (C=O) groups is 1. The summed E-state index contributed by atoms with van der Waals surface area (Å²) in [7, 11) is -3.69. The van der Waals surface area contributed by atoms with E-state index in [0.717, 1.165) is 22.4 Å². The third-order valence-corrected chi connectivity index (χ3v) is 7.93. The van der Waals surface area contributed by atoms with Gasteiger partial charge in [-0.1, -0.05) is 30.7 Å². The lowest BCUT2D eigenvalue weighted by atomic mass is 10.1. The second kappa shape index (κ2) is 10.2. The smallest absolute Gasteiger partial charge is 0.283 e. The molecule has 35 heavy (non-hydrogen) atoms. The SMILES string of the molecule is CCS(=O)(=O)C1=NSC2=NC(=O)/C(=C\c3ccc(OCCOc4ccc(Cl)c(C)c4)cc3)C(=N)N21. The number of ether oxygens (including phenoxy) is 2. The monoisotopic (exact) mass is 532 g/mol. The number of carbonyl (C=O) groups excluding carboxylic acids is 1. The van der Waals surface area contributed by atoms with E-state index in [1.165, 1.54) is 13.0 Å². The molecule has 12 heteroatoms. The molecule has 2 aromatic carbocycles. The molecule has 0 saturated heterocycles. The first-order chi connectivity index (χ1) is 16.7. The highest BCUT2D eigenvalue weighted by molar-refractivity contribution is 8.16. The molecule has 1 amide bonds. The van der Waals surface area contributed by atoms with Gasteiger partial charge in [0.15, 0.2) is 0 Å². The van der Waals surface area contributed by atoms with Crippen LogP contribution in [-0.2, 0) is 14.6 Å². The molecule has 0 saturated carbocycles. The molecular formula is C23H21ClN4O5S2. The highest BCUT2D eigenvalue weighted by Gasteiger charge is 2.42. The number of nitrogens with one attached hydrogen (secondary N) is 1. The van der Waals surface area contributed by atoms with Gasteiger partial charge in [-0.2, -0.15) is 9.39 Å². The maximum atomic E-state index is 12.5. The minimum absolute atomic E-state index is 0.0319. The van der Waals surface area contributed by atoms with Crippen LogP contribution in [0.2, 0.25) is 5.02 Å². The summed E-state index contributed by atoms with van der Waals surface area (Å²) in [6, 6.07) is 12.3. The van der Waals surface area contributed by atoms with Gasteiger partial charge in [0.25, 0.3) is 5.91 Å². The molecule has 0 fully saturated rings. The van der Waals surface area contributed by atoms with Gasteiger partial charge in [-0.05, 0) is 54.5 Å². The van der Waals surface area contributed by atoms with E-state index in [9.17, 15) is 13.2 Å². The fraction of sp³-hybridized carbons (Fsp3) is 0.217. The maximum absolute atomic E-state index is 12.5. The summed E-state index contributed by atoms with van der Waals surface area (Å²) in [5.74, 6) is 0.221. The highest BCUT2D eigenvalue weighted by atomic mass is 35.5. The zero-order valence-electron chi connectivity index (χ0n) is 18.8. The number of aryl methyl sites for hydroxylation is 1. The Labute approximate surface area is 212 Å². The molecule has 2 aliphatic rings. The molecule has 0 aliphatic carbocycles. The molecule has 1 N–H and O–H groups in total. The van der Waals surface area contributed by atoms with Crippen LogP contribution in [-0.4, -0.2) is 54.4 Å². The average molecular weight is 533 g/mol. The first kappa shape index (κ1) is 25.0. The summed E-state index contributed by atoms with van der Waals surface area (Å²) in [6.07, 6.45) is 1.49. The van der Waals surface area contributed by atoms with E-state index in [0.29, 0.717) is 35.3 Å². The predicted molar refractivity (Wildman–Crippen MR) is 138 cm³/mol. The third kappa shape index (κ3) is 5.42. The van der Waals surface area contributed by atoms with Crippen molar-refractivity contribution < 1.29 is 22.7 Å². The molecule has 0 bridgehead atoms. The van der Waals surface area contributed by atoms with E-state index in [4.69, 9.17) is 26.5 Å². The van der Waals surface area contributed by atoms with Crippen molar-refractivity contribution in [3.05, 3.63) is 64.2 Å². The van der Waals surface area contributed by atoms with E-state index in [-0.39, 0.29) is 27.5 Å². The molecule has 2 heterocycles. The number of amidine groups is 3. The maximum Gasteiger partial charge on any atom is 0.283 e. The Bertz CT molecular complexity index is 1390. The van der Waals surface area contributed by atoms with Crippen molar-refractivity contribution in [1.29, 1.82) is 5.41 Å². The second-order valence-electron chi connectivity index (χ2n) is 7.49. The van der Waals surface area contributed by atoms with Crippen molar-refractivity contribution in [1.82, 2.24) is 4.90 Å². The molecule has 4 rings (SSSR count). The van der Waals surface area contributed by atoms with Crippen LogP contribution in [0.1, 0.15) is 18.1 Å². The predicted octanol–water partition coefficient (Wildman–Crippen LogP) is 4.12. The number of hydrogen-bond donors (Lipinski definition) is 1. The molecule has 9 nitrogen and oxygen atoms in total. The van der Waals surface area contributed by atoms with Gasteiger partial charge in [0.05, 0.1) is 23.3 Å². The van der Waals surface area contributed by atoms with Crippen molar-refractivity contribution in [2.24, 2.45) is 9.39 Å². The summed E-state index contributed by atoms with van der Waals surface area (Å²) >= 11 is 6.78. The number of aliphatic imine (C=N–C) groups is 1. The lowest BCUT2D eigenvalue weighted by molar-refractivity contribution is -0.114. The first-order valence-electron chi connectivity index (χ1n) is 10.5. The molecule has 0 unspecified atom stereocenters. The van der Waals surface area contributed by atoms with Crippen LogP contribution in [0.5, 0.6) is 11.5 Å².